The van der Waals surface area contributed by atoms with Crippen molar-refractivity contribution in [3.8, 4) is 0 Å². The van der Waals surface area contributed by atoms with E-state index in [0.29, 0.717) is 24.1 Å². The quantitative estimate of drug-likeness (QED) is 0.646. The molecule has 2 heterocycles. The number of anilines is 1. The molecule has 3 fully saturated rings. The Morgan fingerprint density at radius 3 is 2.77 bits per heavy atom. The van der Waals surface area contributed by atoms with E-state index in [9.17, 15) is 0 Å². The molecule has 26 heavy (non-hydrogen) atoms. The summed E-state index contributed by atoms with van der Waals surface area (Å²) in [4.78, 5) is 6.99. The van der Waals surface area contributed by atoms with E-state index in [2.05, 4.69) is 64.7 Å². The maximum Gasteiger partial charge on any atom is 0.191 e. The summed E-state index contributed by atoms with van der Waals surface area (Å²) in [6, 6.07) is 11.6. The average Bonchev–Trinajstić information content (AvgIpc) is 3.13. The van der Waals surface area contributed by atoms with Gasteiger partial charge in [-0.15, -0.1) is 0 Å². The lowest BCUT2D eigenvalue weighted by Gasteiger charge is -2.55. The highest BCUT2D eigenvalue weighted by atomic mass is 16.5. The van der Waals surface area contributed by atoms with Crippen LogP contribution in [0.4, 0.5) is 5.69 Å². The van der Waals surface area contributed by atoms with Crippen molar-refractivity contribution in [2.45, 2.75) is 51.3 Å². The summed E-state index contributed by atoms with van der Waals surface area (Å²) >= 11 is 0. The zero-order valence-electron chi connectivity index (χ0n) is 16.2. The molecular weight excluding hydrogens is 324 g/mol. The Morgan fingerprint density at radius 1 is 1.19 bits per heavy atom. The summed E-state index contributed by atoms with van der Waals surface area (Å²) in [6.07, 6.45) is 3.96. The molecule has 0 aromatic heterocycles. The maximum atomic E-state index is 5.92. The first-order valence-electron chi connectivity index (χ1n) is 10.0. The molecule has 4 atom stereocenters. The Hall–Kier alpha value is -1.75. The van der Waals surface area contributed by atoms with Gasteiger partial charge in [-0.25, -0.2) is 0 Å². The minimum Gasteiger partial charge on any atom is -0.377 e. The molecule has 5 nitrogen and oxygen atoms in total. The molecule has 0 spiro atoms. The van der Waals surface area contributed by atoms with Crippen molar-refractivity contribution >= 4 is 11.6 Å². The van der Waals surface area contributed by atoms with Gasteiger partial charge >= 0.3 is 0 Å². The highest BCUT2D eigenvalue weighted by Gasteiger charge is 2.59. The van der Waals surface area contributed by atoms with Crippen molar-refractivity contribution in [3.05, 3.63) is 30.3 Å². The number of benzene rings is 1. The van der Waals surface area contributed by atoms with Crippen LogP contribution in [-0.4, -0.2) is 50.9 Å². The van der Waals surface area contributed by atoms with Gasteiger partial charge in [0.2, 0.25) is 0 Å². The van der Waals surface area contributed by atoms with E-state index in [0.717, 1.165) is 32.1 Å². The molecule has 4 rings (SSSR count). The molecule has 4 unspecified atom stereocenters. The van der Waals surface area contributed by atoms with Crippen molar-refractivity contribution in [2.24, 2.45) is 16.3 Å². The minimum atomic E-state index is 0.168. The van der Waals surface area contributed by atoms with E-state index < -0.39 is 0 Å². The van der Waals surface area contributed by atoms with E-state index in [1.54, 1.807) is 0 Å². The number of hydrogen-bond donors (Lipinski definition) is 2. The van der Waals surface area contributed by atoms with Crippen LogP contribution in [0, 0.1) is 11.3 Å². The molecule has 5 heteroatoms. The first kappa shape index (κ1) is 17.7. The third-order valence-corrected chi connectivity index (χ3v) is 6.50. The van der Waals surface area contributed by atoms with E-state index >= 15 is 0 Å². The predicted molar refractivity (Wildman–Crippen MR) is 107 cm³/mol. The van der Waals surface area contributed by atoms with Crippen LogP contribution in [0.15, 0.2) is 35.3 Å². The van der Waals surface area contributed by atoms with Gasteiger partial charge in [0.25, 0.3) is 0 Å². The summed E-state index contributed by atoms with van der Waals surface area (Å²) in [5, 5.41) is 7.39. The fourth-order valence-corrected chi connectivity index (χ4v) is 5.10. The lowest BCUT2D eigenvalue weighted by Crippen LogP contribution is -2.68. The van der Waals surface area contributed by atoms with Crippen molar-refractivity contribution in [3.63, 3.8) is 0 Å². The van der Waals surface area contributed by atoms with Crippen LogP contribution in [0.1, 0.15) is 33.1 Å². The zero-order valence-corrected chi connectivity index (χ0v) is 16.2. The first-order valence-corrected chi connectivity index (χ1v) is 10.0. The van der Waals surface area contributed by atoms with E-state index in [1.165, 1.54) is 18.5 Å². The molecular formula is C21H32N4O. The van der Waals surface area contributed by atoms with E-state index in [4.69, 9.17) is 4.74 Å². The fourth-order valence-electron chi connectivity index (χ4n) is 5.10. The Bertz CT molecular complexity index is 645. The smallest absolute Gasteiger partial charge is 0.191 e. The number of nitrogens with zero attached hydrogens (tertiary/aromatic N) is 2. The van der Waals surface area contributed by atoms with Gasteiger partial charge in [0.15, 0.2) is 5.96 Å². The van der Waals surface area contributed by atoms with Crippen LogP contribution in [0.25, 0.3) is 0 Å². The minimum absolute atomic E-state index is 0.168. The third-order valence-electron chi connectivity index (χ3n) is 6.50. The normalized spacial score (nSPS) is 33.3. The molecule has 142 valence electrons. The van der Waals surface area contributed by atoms with Gasteiger partial charge in [0.05, 0.1) is 6.10 Å². The van der Waals surface area contributed by atoms with Gasteiger partial charge in [0, 0.05) is 55.8 Å². The van der Waals surface area contributed by atoms with Crippen LogP contribution >= 0.6 is 0 Å². The molecule has 0 amide bonds. The highest BCUT2D eigenvalue weighted by Crippen LogP contribution is 2.52. The lowest BCUT2D eigenvalue weighted by molar-refractivity contribution is -0.106. The second-order valence-corrected chi connectivity index (χ2v) is 8.52. The predicted octanol–water partition coefficient (Wildman–Crippen LogP) is 2.63. The molecule has 1 saturated carbocycles. The standard InChI is InChI=1S/C21H32N4O/c1-21(2)18(17-11-13-26-19(17)21)24-20(22-3)23-15-8-7-12-25(14-15)16-9-5-4-6-10-16/h4-6,9-10,15,17-19H,7-8,11-14H2,1-3H3,(H2,22,23,24). The average molecular weight is 357 g/mol. The summed E-state index contributed by atoms with van der Waals surface area (Å²) in [5.74, 6) is 1.56. The summed E-state index contributed by atoms with van der Waals surface area (Å²) < 4.78 is 5.92. The molecule has 2 saturated heterocycles. The van der Waals surface area contributed by atoms with Gasteiger partial charge in [-0.2, -0.15) is 0 Å². The molecule has 1 aliphatic carbocycles. The maximum absolute atomic E-state index is 5.92. The van der Waals surface area contributed by atoms with Gasteiger partial charge in [-0.3, -0.25) is 4.99 Å². The SMILES string of the molecule is CN=C(NC1CCCN(c2ccccc2)C1)NC1C2CCOC2C1(C)C. The molecule has 0 bridgehead atoms. The molecule has 1 aromatic carbocycles. The van der Waals surface area contributed by atoms with Crippen LogP contribution in [-0.2, 0) is 4.74 Å². The van der Waals surface area contributed by atoms with Gasteiger partial charge in [0.1, 0.15) is 0 Å². The number of guanidine groups is 1. The third kappa shape index (κ3) is 3.18. The number of hydrogen-bond acceptors (Lipinski definition) is 3. The second kappa shape index (κ2) is 7.10. The lowest BCUT2D eigenvalue weighted by atomic mass is 9.57. The first-order chi connectivity index (χ1) is 12.6. The second-order valence-electron chi connectivity index (χ2n) is 8.52. The van der Waals surface area contributed by atoms with Crippen molar-refractivity contribution in [1.82, 2.24) is 10.6 Å². The Balaban J connectivity index is 1.36. The van der Waals surface area contributed by atoms with Crippen LogP contribution in [0.5, 0.6) is 0 Å². The van der Waals surface area contributed by atoms with Crippen LogP contribution < -0.4 is 15.5 Å². The Labute approximate surface area is 157 Å². The number of piperidine rings is 1. The summed E-state index contributed by atoms with van der Waals surface area (Å²) in [6.45, 7) is 7.67. The molecule has 1 aromatic rings. The van der Waals surface area contributed by atoms with E-state index in [-0.39, 0.29) is 5.41 Å². The number of fused-ring (bicyclic) bond motifs is 1. The van der Waals surface area contributed by atoms with E-state index in [1.807, 2.05) is 7.05 Å². The molecule has 2 aliphatic heterocycles. The molecule has 0 radical (unpaired) electrons. The highest BCUT2D eigenvalue weighted by molar-refractivity contribution is 5.80. The number of nitrogens with one attached hydrogen (secondary N) is 2. The van der Waals surface area contributed by atoms with Crippen molar-refractivity contribution < 1.29 is 4.74 Å². The number of para-hydroxylation sites is 1. The summed E-state index contributed by atoms with van der Waals surface area (Å²) in [7, 11) is 1.88. The van der Waals surface area contributed by atoms with Crippen LogP contribution in [0.2, 0.25) is 0 Å². The molecule has 3 aliphatic rings. The van der Waals surface area contributed by atoms with Gasteiger partial charge < -0.3 is 20.3 Å². The van der Waals surface area contributed by atoms with Gasteiger partial charge in [-0.05, 0) is 31.4 Å². The Kier molecular flexibility index (Phi) is 4.82. The topological polar surface area (TPSA) is 48.9 Å². The molecule has 2 N–H and O–H groups in total. The number of aliphatic imine (C=N–C) groups is 1. The largest absolute Gasteiger partial charge is 0.377 e. The van der Waals surface area contributed by atoms with Crippen molar-refractivity contribution in [2.75, 3.05) is 31.6 Å². The number of rotatable bonds is 3. The fraction of sp³-hybridized carbons (Fsp3) is 0.667. The monoisotopic (exact) mass is 356 g/mol. The summed E-state index contributed by atoms with van der Waals surface area (Å²) in [5.41, 5.74) is 1.48. The number of ether oxygens (including phenoxy) is 1. The zero-order chi connectivity index (χ0) is 18.1. The Morgan fingerprint density at radius 2 is 2.00 bits per heavy atom. The van der Waals surface area contributed by atoms with Crippen molar-refractivity contribution in [1.29, 1.82) is 0 Å². The van der Waals surface area contributed by atoms with Gasteiger partial charge in [-0.1, -0.05) is 32.0 Å². The van der Waals surface area contributed by atoms with Crippen LogP contribution in [0.3, 0.4) is 0 Å².